The maximum Gasteiger partial charge on any atom is 0.323 e. The van der Waals surface area contributed by atoms with Crippen molar-refractivity contribution in [1.82, 2.24) is 42.8 Å². The van der Waals surface area contributed by atoms with Gasteiger partial charge >= 0.3 is 29.8 Å². The van der Waals surface area contributed by atoms with Gasteiger partial charge in [-0.1, -0.05) is 130 Å². The molecule has 0 amide bonds. The monoisotopic (exact) mass is 2050 g/mol. The van der Waals surface area contributed by atoms with Gasteiger partial charge in [0.1, 0.15) is 44.4 Å². The van der Waals surface area contributed by atoms with Crippen LogP contribution < -0.4 is 52.6 Å². The normalized spacial score (nSPS) is 12.5. The molecular formula is C103H79Cl8FN12O17. The van der Waals surface area contributed by atoms with Gasteiger partial charge < -0.3 is 73.8 Å². The van der Waals surface area contributed by atoms with E-state index in [1.54, 1.807) is 155 Å². The Hall–Kier alpha value is -14.7. The van der Waals surface area contributed by atoms with Crippen LogP contribution in [0.25, 0.3) is 115 Å². The number of carbonyl (C=O) groups is 5. The minimum Gasteiger partial charge on any atom is -0.493 e. The first kappa shape index (κ1) is 99.3. The summed E-state index contributed by atoms with van der Waals surface area (Å²) in [4.78, 5) is 139. The van der Waals surface area contributed by atoms with Crippen LogP contribution in [-0.4, -0.2) is 112 Å². The molecule has 0 aliphatic heterocycles. The zero-order valence-electron chi connectivity index (χ0n) is 74.3. The number of nitrogens with one attached hydrogen (secondary N) is 3. The number of carboxylic acids is 5. The Bertz CT molecular complexity index is 8320. The van der Waals surface area contributed by atoms with E-state index >= 15 is 0 Å². The lowest BCUT2D eigenvalue weighted by atomic mass is 9.84. The van der Waals surface area contributed by atoms with Crippen LogP contribution in [0.5, 0.6) is 11.5 Å². The van der Waals surface area contributed by atoms with E-state index in [0.717, 1.165) is 43.2 Å². The number of carboxylic acid groups (broad SMARTS) is 5. The van der Waals surface area contributed by atoms with E-state index in [4.69, 9.17) is 102 Å². The second-order valence-electron chi connectivity index (χ2n) is 32.8. The minimum atomic E-state index is -1.09. The average molecular weight is 2060 g/mol. The molecular weight excluding hydrogens is 1980 g/mol. The van der Waals surface area contributed by atoms with Crippen LogP contribution in [0.2, 0.25) is 40.2 Å². The molecule has 0 bridgehead atoms. The van der Waals surface area contributed by atoms with Crippen molar-refractivity contribution < 1.29 is 63.4 Å². The Morgan fingerprint density at radius 3 is 1.13 bits per heavy atom. The first-order valence-corrected chi connectivity index (χ1v) is 46.7. The summed E-state index contributed by atoms with van der Waals surface area (Å²) in [5.41, 5.74) is 8.83. The van der Waals surface area contributed by atoms with Crippen molar-refractivity contribution in [2.75, 3.05) is 30.2 Å². The molecule has 0 unspecified atom stereocenters. The Balaban J connectivity index is 0.000000127. The molecule has 0 radical (unpaired) electrons. The Morgan fingerprint density at radius 2 is 0.738 bits per heavy atom. The van der Waals surface area contributed by atoms with Crippen LogP contribution in [-0.2, 0) is 56.7 Å². The van der Waals surface area contributed by atoms with Gasteiger partial charge in [-0.3, -0.25) is 52.9 Å². The minimum absolute atomic E-state index is 0.112. The summed E-state index contributed by atoms with van der Waals surface area (Å²) in [6, 6.07) is 49.6. The predicted molar refractivity (Wildman–Crippen MR) is 553 cm³/mol. The van der Waals surface area contributed by atoms with E-state index in [-0.39, 0.29) is 105 Å². The fourth-order valence-corrected chi connectivity index (χ4v) is 19.6. The zero-order chi connectivity index (χ0) is 100. The van der Waals surface area contributed by atoms with Gasteiger partial charge in [0.25, 0.3) is 0 Å². The number of aromatic nitrogens is 9. The van der Waals surface area contributed by atoms with E-state index < -0.39 is 42.9 Å². The maximum absolute atomic E-state index is 13.1. The zero-order valence-corrected chi connectivity index (χ0v) is 80.4. The first-order valence-electron chi connectivity index (χ1n) is 43.6. The molecule has 141 heavy (non-hydrogen) atoms. The fraction of sp³-hybridized carbons (Fsp3) is 0.165. The van der Waals surface area contributed by atoms with Crippen molar-refractivity contribution in [1.29, 1.82) is 0 Å². The van der Waals surface area contributed by atoms with E-state index in [2.05, 4.69) is 42.0 Å². The highest BCUT2D eigenvalue weighted by Crippen LogP contribution is 2.43. The van der Waals surface area contributed by atoms with Gasteiger partial charge in [-0.25, -0.2) is 19.3 Å². The molecule has 8 N–H and O–H groups in total. The molecule has 2 aliphatic rings. The first-order chi connectivity index (χ1) is 67.8. The molecule has 716 valence electrons. The average Bonchev–Trinajstić information content (AvgIpc) is 0.776. The van der Waals surface area contributed by atoms with Crippen LogP contribution in [0.3, 0.4) is 0 Å². The van der Waals surface area contributed by atoms with E-state index in [1.165, 1.54) is 95.6 Å². The number of rotatable bonds is 20. The van der Waals surface area contributed by atoms with Crippen LogP contribution >= 0.6 is 92.8 Å². The van der Waals surface area contributed by atoms with Crippen LogP contribution in [0.4, 0.5) is 38.9 Å². The SMILES string of the molecule is COc1c(Cl)ccc2c(=O)c3ccc(C4=CCCCC4)cc3n(CC(=O)O)c12.COc1c(Cl)ccc2c(=O)c3ccc(C4CCCCC4)cc3n(CC(=O)O)c12.O=C(O)Cn1c2cc(Nc3ccc(F)cc3)ccc2c(=O)c2ccc(Cl)c(Cl)c21.O=C(O)Cn1c2cc(Nc3cnccn3)ccc2c(=O)c2ccc(Cl)c(Cl)c21.O=C(O)Cn1c2cc(Nc3ncccn3)ccc2c(=O)c2ccc(Cl)c(Cl)c21. The van der Waals surface area contributed by atoms with Crippen LogP contribution in [0.15, 0.2) is 243 Å². The van der Waals surface area contributed by atoms with Crippen molar-refractivity contribution in [2.45, 2.75) is 96.4 Å². The second-order valence-corrected chi connectivity index (χ2v) is 36.0. The van der Waals surface area contributed by atoms with Crippen molar-refractivity contribution in [3.63, 3.8) is 0 Å². The standard InChI is InChI=1S/C22H22ClNO4.C22H20ClNO4.C21H13Cl2FN2O3.2C19H12Cl2N4O3/c2*1-28-22-17(23)10-9-16-20(22)24(12-19(25)26)18-11-14(7-8-15(18)21(16)27)13-5-3-2-4-6-13;22-16-8-7-15-20(19(16)23)26(10-18(27)28)17-9-13(5-6-14(17)21(15)29)25-12-3-1-11(24)2-4-12;20-13-5-4-12-17(16(13)21)25(9-15(26)27)14-8-10(2-3-11(14)18(12)28)24-19-22-6-1-7-23-19;20-13-4-3-12-18(17(13)21)25(9-16(26)27)14-7-10(1-2-11(14)19(12)28)24-15-8-22-5-6-23-15/h7-11,13H,2-6,12H2,1H3,(H,25,26);5,7-11H,2-4,6,12H2,1H3,(H,25,26);1-9,25H,10H2,(H,27,28);1-8H,9H2,(H,26,27)(H,22,23,24);1-8H,9H2,(H,23,24)(H,26,27). The van der Waals surface area contributed by atoms with Crippen molar-refractivity contribution in [3.8, 4) is 11.5 Å². The number of hydrogen-bond acceptors (Lipinski definition) is 19. The van der Waals surface area contributed by atoms with E-state index in [9.17, 15) is 77.9 Å². The number of methoxy groups -OCH3 is 2. The largest absolute Gasteiger partial charge is 0.493 e. The lowest BCUT2D eigenvalue weighted by Gasteiger charge is -2.23. The molecule has 0 atom stereocenters. The third-order valence-electron chi connectivity index (χ3n) is 24.0. The maximum atomic E-state index is 13.1. The van der Waals surface area contributed by atoms with Gasteiger partial charge in [0.15, 0.2) is 38.6 Å². The van der Waals surface area contributed by atoms with Crippen LogP contribution in [0.1, 0.15) is 74.8 Å². The molecule has 7 aromatic heterocycles. The molecule has 20 rings (SSSR count). The third kappa shape index (κ3) is 21.0. The molecule has 29 nitrogen and oxygen atoms in total. The summed E-state index contributed by atoms with van der Waals surface area (Å²) in [6.07, 6.45) is 20.3. The number of ether oxygens (including phenoxy) is 2. The summed E-state index contributed by atoms with van der Waals surface area (Å²) in [5, 5.41) is 62.0. The van der Waals surface area contributed by atoms with E-state index in [1.807, 2.05) is 30.3 Å². The van der Waals surface area contributed by atoms with Gasteiger partial charge in [0, 0.05) is 90.6 Å². The number of nitrogens with zero attached hydrogens (tertiary/aromatic N) is 9. The number of benzene rings is 11. The molecule has 1 saturated carbocycles. The van der Waals surface area contributed by atoms with Gasteiger partial charge in [-0.15, -0.1) is 0 Å². The predicted octanol–water partition coefficient (Wildman–Crippen LogP) is 23.4. The molecule has 1 fully saturated rings. The summed E-state index contributed by atoms with van der Waals surface area (Å²) in [7, 11) is 2.93. The molecule has 2 aliphatic carbocycles. The number of aliphatic carboxylic acids is 5. The topological polar surface area (TPSA) is 403 Å². The van der Waals surface area contributed by atoms with E-state index in [0.29, 0.717) is 149 Å². The summed E-state index contributed by atoms with van der Waals surface area (Å²) < 4.78 is 31.7. The summed E-state index contributed by atoms with van der Waals surface area (Å²) >= 11 is 49.9. The number of halogens is 9. The second kappa shape index (κ2) is 42.9. The van der Waals surface area contributed by atoms with Crippen molar-refractivity contribution in [3.05, 3.63) is 327 Å². The summed E-state index contributed by atoms with van der Waals surface area (Å²) in [6.45, 7) is -1.77. The molecule has 11 aromatic carbocycles. The smallest absolute Gasteiger partial charge is 0.323 e. The molecule has 0 spiro atoms. The molecule has 7 heterocycles. The third-order valence-corrected chi connectivity index (χ3v) is 27.0. The summed E-state index contributed by atoms with van der Waals surface area (Å²) in [5.74, 6) is -3.64. The molecule has 18 aromatic rings. The van der Waals surface area contributed by atoms with Crippen LogP contribution in [0, 0.1) is 5.82 Å². The molecule has 38 heteroatoms. The Kier molecular flexibility index (Phi) is 30.2. The fourth-order valence-electron chi connectivity index (χ4n) is 17.8. The highest BCUT2D eigenvalue weighted by molar-refractivity contribution is 6.47. The van der Waals surface area contributed by atoms with Gasteiger partial charge in [-0.2, -0.15) is 0 Å². The van der Waals surface area contributed by atoms with Gasteiger partial charge in [0.05, 0.1) is 127 Å². The number of anilines is 6. The van der Waals surface area contributed by atoms with Crippen molar-refractivity contribution >= 4 is 272 Å². The Morgan fingerprint density at radius 1 is 0.376 bits per heavy atom. The molecule has 0 saturated heterocycles. The number of allylic oxidation sites excluding steroid dienone is 2. The highest BCUT2D eigenvalue weighted by atomic mass is 35.5. The quantitative estimate of drug-likeness (QED) is 0.0329. The Labute approximate surface area is 837 Å². The number of fused-ring (bicyclic) bond motifs is 10. The number of hydrogen-bond donors (Lipinski definition) is 8. The highest BCUT2D eigenvalue weighted by Gasteiger charge is 2.27. The van der Waals surface area contributed by atoms with Gasteiger partial charge in [0.2, 0.25) is 5.95 Å². The lowest BCUT2D eigenvalue weighted by Crippen LogP contribution is -2.17. The number of pyridine rings is 5. The lowest BCUT2D eigenvalue weighted by molar-refractivity contribution is -0.138. The van der Waals surface area contributed by atoms with Gasteiger partial charge in [-0.05, 0) is 231 Å². The van der Waals surface area contributed by atoms with Crippen molar-refractivity contribution in [2.24, 2.45) is 0 Å².